The molecule has 1 N–H and O–H groups in total. The van der Waals surface area contributed by atoms with Crippen LogP contribution >= 0.6 is 39.3 Å². The van der Waals surface area contributed by atoms with E-state index < -0.39 is 0 Å². The number of anilines is 1. The van der Waals surface area contributed by atoms with E-state index >= 15 is 0 Å². The minimum Gasteiger partial charge on any atom is -0.486 e. The average Bonchev–Trinajstić information content (AvgIpc) is 3.23. The van der Waals surface area contributed by atoms with Gasteiger partial charge in [0.15, 0.2) is 11.0 Å². The Morgan fingerprint density at radius 1 is 1.18 bits per heavy atom. The fourth-order valence-corrected chi connectivity index (χ4v) is 5.64. The molecular formula is C25H28BrClN4O2S. The highest BCUT2D eigenvalue weighted by atomic mass is 79.9. The van der Waals surface area contributed by atoms with Crippen LogP contribution in [0.4, 0.5) is 5.69 Å². The van der Waals surface area contributed by atoms with Crippen LogP contribution in [0.2, 0.25) is 5.02 Å². The van der Waals surface area contributed by atoms with Crippen molar-refractivity contribution in [2.45, 2.75) is 63.8 Å². The third-order valence-corrected chi connectivity index (χ3v) is 7.93. The second-order valence-electron chi connectivity index (χ2n) is 8.58. The number of nitrogens with zero attached hydrogens (tertiary/aromatic N) is 3. The Kier molecular flexibility index (Phi) is 8.55. The molecule has 9 heteroatoms. The van der Waals surface area contributed by atoms with Gasteiger partial charge in [0.1, 0.15) is 12.4 Å². The molecule has 1 heterocycles. The number of hydrogen-bond acceptors (Lipinski definition) is 5. The standard InChI is InChI=1S/C25H28BrClN4O2S/c1-16-8-11-22(20(26)12-16)28-24(32)15-34-25-30-29-23(31(25)18-6-4-3-5-7-18)14-33-19-9-10-21(27)17(2)13-19/h8-13,18H,3-7,14-15H2,1-2H3,(H,28,32). The molecule has 4 rings (SSSR count). The fraction of sp³-hybridized carbons (Fsp3) is 0.400. The smallest absolute Gasteiger partial charge is 0.234 e. The van der Waals surface area contributed by atoms with Gasteiger partial charge >= 0.3 is 0 Å². The topological polar surface area (TPSA) is 69.0 Å². The van der Waals surface area contributed by atoms with Crippen molar-refractivity contribution in [3.8, 4) is 5.75 Å². The first-order valence-corrected chi connectivity index (χ1v) is 13.6. The maximum atomic E-state index is 12.6. The molecule has 1 aliphatic rings. The SMILES string of the molecule is Cc1ccc(NC(=O)CSc2nnc(COc3ccc(Cl)c(C)c3)n2C2CCCCC2)c(Br)c1. The maximum Gasteiger partial charge on any atom is 0.234 e. The molecule has 1 fully saturated rings. The molecule has 180 valence electrons. The van der Waals surface area contributed by atoms with Gasteiger partial charge in [-0.15, -0.1) is 10.2 Å². The summed E-state index contributed by atoms with van der Waals surface area (Å²) in [7, 11) is 0. The molecule has 0 bridgehead atoms. The second-order valence-corrected chi connectivity index (χ2v) is 10.8. The number of aryl methyl sites for hydroxylation is 2. The molecule has 1 aliphatic carbocycles. The molecule has 2 aromatic carbocycles. The Morgan fingerprint density at radius 3 is 2.71 bits per heavy atom. The first kappa shape index (κ1) is 25.1. The largest absolute Gasteiger partial charge is 0.486 e. The average molecular weight is 564 g/mol. The summed E-state index contributed by atoms with van der Waals surface area (Å²) in [5.74, 6) is 1.70. The quantitative estimate of drug-likeness (QED) is 0.295. The van der Waals surface area contributed by atoms with E-state index in [0.717, 1.165) is 50.9 Å². The van der Waals surface area contributed by atoms with Crippen molar-refractivity contribution in [3.05, 3.63) is 62.8 Å². The van der Waals surface area contributed by atoms with Crippen LogP contribution < -0.4 is 10.1 Å². The zero-order valence-electron chi connectivity index (χ0n) is 19.3. The lowest BCUT2D eigenvalue weighted by Crippen LogP contribution is -2.19. The van der Waals surface area contributed by atoms with Gasteiger partial charge in [0.25, 0.3) is 0 Å². The van der Waals surface area contributed by atoms with Gasteiger partial charge in [-0.3, -0.25) is 9.36 Å². The molecule has 0 atom stereocenters. The van der Waals surface area contributed by atoms with E-state index in [2.05, 4.69) is 36.0 Å². The van der Waals surface area contributed by atoms with Gasteiger partial charge in [-0.25, -0.2) is 0 Å². The molecule has 1 aromatic heterocycles. The number of amides is 1. The molecule has 0 aliphatic heterocycles. The lowest BCUT2D eigenvalue weighted by molar-refractivity contribution is -0.113. The van der Waals surface area contributed by atoms with Gasteiger partial charge in [-0.05, 0) is 84.1 Å². The molecule has 0 radical (unpaired) electrons. The van der Waals surface area contributed by atoms with E-state index in [1.807, 2.05) is 50.2 Å². The van der Waals surface area contributed by atoms with Crippen LogP contribution in [0.25, 0.3) is 0 Å². The van der Waals surface area contributed by atoms with Gasteiger partial charge < -0.3 is 10.1 Å². The summed E-state index contributed by atoms with van der Waals surface area (Å²) >= 11 is 11.1. The fourth-order valence-electron chi connectivity index (χ4n) is 4.10. The van der Waals surface area contributed by atoms with E-state index in [1.165, 1.54) is 31.0 Å². The number of benzene rings is 2. The van der Waals surface area contributed by atoms with Crippen molar-refractivity contribution >= 4 is 50.9 Å². The van der Waals surface area contributed by atoms with Crippen LogP contribution in [0.15, 0.2) is 46.0 Å². The molecule has 1 saturated carbocycles. The molecule has 0 saturated heterocycles. The molecule has 0 spiro atoms. The van der Waals surface area contributed by atoms with Crippen molar-refractivity contribution in [2.75, 3.05) is 11.1 Å². The third-order valence-electron chi connectivity index (χ3n) is 5.90. The first-order valence-electron chi connectivity index (χ1n) is 11.4. The Hall–Kier alpha value is -2.03. The number of hydrogen-bond donors (Lipinski definition) is 1. The van der Waals surface area contributed by atoms with Crippen LogP contribution in [0.5, 0.6) is 5.75 Å². The molecule has 0 unspecified atom stereocenters. The molecule has 3 aromatic rings. The van der Waals surface area contributed by atoms with Crippen molar-refractivity contribution in [3.63, 3.8) is 0 Å². The van der Waals surface area contributed by atoms with Crippen LogP contribution in [0.3, 0.4) is 0 Å². The molecular weight excluding hydrogens is 536 g/mol. The first-order chi connectivity index (χ1) is 16.4. The Morgan fingerprint density at radius 2 is 1.97 bits per heavy atom. The van der Waals surface area contributed by atoms with Crippen molar-refractivity contribution in [1.29, 1.82) is 0 Å². The number of halogens is 2. The van der Waals surface area contributed by atoms with Gasteiger partial charge in [0.2, 0.25) is 5.91 Å². The van der Waals surface area contributed by atoms with Crippen LogP contribution in [-0.4, -0.2) is 26.4 Å². The minimum atomic E-state index is -0.0813. The Bertz CT molecular complexity index is 1160. The van der Waals surface area contributed by atoms with E-state index in [0.29, 0.717) is 17.7 Å². The lowest BCUT2D eigenvalue weighted by atomic mass is 9.95. The summed E-state index contributed by atoms with van der Waals surface area (Å²) in [6.45, 7) is 4.28. The van der Waals surface area contributed by atoms with Crippen molar-refractivity contribution < 1.29 is 9.53 Å². The molecule has 1 amide bonds. The highest BCUT2D eigenvalue weighted by Gasteiger charge is 2.24. The van der Waals surface area contributed by atoms with Gasteiger partial charge in [-0.2, -0.15) is 0 Å². The van der Waals surface area contributed by atoms with Crippen molar-refractivity contribution in [2.24, 2.45) is 0 Å². The zero-order valence-corrected chi connectivity index (χ0v) is 22.5. The zero-order chi connectivity index (χ0) is 24.1. The number of carbonyl (C=O) groups is 1. The summed E-state index contributed by atoms with van der Waals surface area (Å²) in [5.41, 5.74) is 2.86. The normalized spacial score (nSPS) is 14.2. The number of aromatic nitrogens is 3. The number of nitrogens with one attached hydrogen (secondary N) is 1. The predicted molar refractivity (Wildman–Crippen MR) is 141 cm³/mol. The summed E-state index contributed by atoms with van der Waals surface area (Å²) < 4.78 is 9.08. The van der Waals surface area contributed by atoms with E-state index in [-0.39, 0.29) is 11.7 Å². The molecule has 6 nitrogen and oxygen atoms in total. The highest BCUT2D eigenvalue weighted by Crippen LogP contribution is 2.33. The van der Waals surface area contributed by atoms with E-state index in [4.69, 9.17) is 16.3 Å². The van der Waals surface area contributed by atoms with Crippen LogP contribution in [0, 0.1) is 13.8 Å². The highest BCUT2D eigenvalue weighted by molar-refractivity contribution is 9.10. The monoisotopic (exact) mass is 562 g/mol. The van der Waals surface area contributed by atoms with Gasteiger partial charge in [0.05, 0.1) is 11.4 Å². The summed E-state index contributed by atoms with van der Waals surface area (Å²) in [4.78, 5) is 12.6. The van der Waals surface area contributed by atoms with Crippen molar-refractivity contribution in [1.82, 2.24) is 14.8 Å². The van der Waals surface area contributed by atoms with Crippen LogP contribution in [-0.2, 0) is 11.4 Å². The number of carbonyl (C=O) groups excluding carboxylic acids is 1. The number of ether oxygens (including phenoxy) is 1. The van der Waals surface area contributed by atoms with Gasteiger partial charge in [-0.1, -0.05) is 48.7 Å². The van der Waals surface area contributed by atoms with Gasteiger partial charge in [0, 0.05) is 15.5 Å². The second kappa shape index (κ2) is 11.6. The summed E-state index contributed by atoms with van der Waals surface area (Å²) in [5, 5.41) is 13.3. The predicted octanol–water partition coefficient (Wildman–Crippen LogP) is 7.13. The summed E-state index contributed by atoms with van der Waals surface area (Å²) in [6.07, 6.45) is 5.80. The van der Waals surface area contributed by atoms with Crippen LogP contribution in [0.1, 0.15) is 55.1 Å². The lowest BCUT2D eigenvalue weighted by Gasteiger charge is -2.25. The summed E-state index contributed by atoms with van der Waals surface area (Å²) in [6, 6.07) is 11.8. The van der Waals surface area contributed by atoms with E-state index in [9.17, 15) is 4.79 Å². The Balaban J connectivity index is 1.46. The Labute approximate surface area is 217 Å². The molecule has 34 heavy (non-hydrogen) atoms. The number of rotatable bonds is 8. The maximum absolute atomic E-state index is 12.6. The minimum absolute atomic E-state index is 0.0813. The third kappa shape index (κ3) is 6.34. The number of thioether (sulfide) groups is 1. The van der Waals surface area contributed by atoms with E-state index in [1.54, 1.807) is 0 Å².